The van der Waals surface area contributed by atoms with Gasteiger partial charge >= 0.3 is 5.97 Å². The van der Waals surface area contributed by atoms with Crippen molar-refractivity contribution in [2.75, 3.05) is 6.61 Å². The first-order chi connectivity index (χ1) is 10.2. The van der Waals surface area contributed by atoms with Gasteiger partial charge in [-0.15, -0.1) is 5.10 Å². The van der Waals surface area contributed by atoms with Crippen molar-refractivity contribution in [1.29, 1.82) is 0 Å². The molecule has 0 bridgehead atoms. The molecule has 1 aromatic rings. The highest BCUT2D eigenvalue weighted by atomic mass is 16.5. The van der Waals surface area contributed by atoms with Gasteiger partial charge in [0.25, 0.3) is 0 Å². The maximum absolute atomic E-state index is 10.7. The van der Waals surface area contributed by atoms with E-state index in [4.69, 9.17) is 9.84 Å². The van der Waals surface area contributed by atoms with Crippen molar-refractivity contribution in [3.63, 3.8) is 0 Å². The van der Waals surface area contributed by atoms with E-state index in [0.29, 0.717) is 11.9 Å². The predicted octanol–water partition coefficient (Wildman–Crippen LogP) is 2.48. The maximum atomic E-state index is 10.7. The number of carbonyl (C=O) groups is 1. The van der Waals surface area contributed by atoms with Crippen LogP contribution in [0.1, 0.15) is 31.2 Å². The zero-order valence-corrected chi connectivity index (χ0v) is 11.9. The fourth-order valence-corrected chi connectivity index (χ4v) is 3.23. The number of carboxylic acids is 1. The third kappa shape index (κ3) is 3.17. The van der Waals surface area contributed by atoms with Crippen LogP contribution in [0.3, 0.4) is 0 Å². The van der Waals surface area contributed by atoms with Crippen molar-refractivity contribution >= 4 is 11.9 Å². The first kappa shape index (κ1) is 13.9. The summed E-state index contributed by atoms with van der Waals surface area (Å²) in [6, 6.07) is 10.6. The van der Waals surface area contributed by atoms with Gasteiger partial charge in [-0.25, -0.2) is 4.79 Å². The van der Waals surface area contributed by atoms with Crippen molar-refractivity contribution in [2.45, 2.75) is 38.3 Å². The second-order valence-electron chi connectivity index (χ2n) is 5.66. The molecule has 1 saturated carbocycles. The Hall–Kier alpha value is -2.04. The van der Waals surface area contributed by atoms with Crippen LogP contribution in [0.25, 0.3) is 0 Å². The Bertz CT molecular complexity index is 530. The predicted molar refractivity (Wildman–Crippen MR) is 78.8 cm³/mol. The fraction of sp³-hybridized carbons (Fsp3) is 0.500. The summed E-state index contributed by atoms with van der Waals surface area (Å²) in [5, 5.41) is 15.4. The van der Waals surface area contributed by atoms with Crippen LogP contribution in [-0.2, 0) is 16.1 Å². The molecule has 3 rings (SSSR count). The molecule has 1 fully saturated rings. The minimum absolute atomic E-state index is 0.252. The van der Waals surface area contributed by atoms with Gasteiger partial charge in [0, 0.05) is 0 Å². The fourth-order valence-electron chi connectivity index (χ4n) is 3.23. The first-order valence-corrected chi connectivity index (χ1v) is 7.47. The molecule has 5 nitrogen and oxygen atoms in total. The molecular formula is C16H20N2O3. The lowest BCUT2D eigenvalue weighted by Crippen LogP contribution is -2.36. The highest BCUT2D eigenvalue weighted by molar-refractivity contribution is 5.83. The third-order valence-corrected chi connectivity index (χ3v) is 4.19. The van der Waals surface area contributed by atoms with Gasteiger partial charge in [-0.05, 0) is 18.4 Å². The van der Waals surface area contributed by atoms with Gasteiger partial charge in [0.1, 0.15) is 0 Å². The summed E-state index contributed by atoms with van der Waals surface area (Å²) in [6.45, 7) is 0.448. The topological polar surface area (TPSA) is 62.1 Å². The molecule has 0 saturated heterocycles. The number of hydrogen-bond acceptors (Lipinski definition) is 4. The Balaban J connectivity index is 1.73. The lowest BCUT2D eigenvalue weighted by molar-refractivity contribution is -0.139. The van der Waals surface area contributed by atoms with Crippen LogP contribution in [0.5, 0.6) is 0 Å². The van der Waals surface area contributed by atoms with E-state index in [9.17, 15) is 4.79 Å². The number of benzene rings is 1. The Labute approximate surface area is 124 Å². The monoisotopic (exact) mass is 288 g/mol. The average molecular weight is 288 g/mol. The standard InChI is InChI=1S/C16H20N2O3/c19-15(20)11-21-16-13-8-4-5-9-14(13)18(17-16)10-12-6-2-1-3-7-12/h1-3,6-7,13-14H,4-5,8-11H2,(H,19,20). The number of nitrogens with zero attached hydrogens (tertiary/aromatic N) is 2. The summed E-state index contributed by atoms with van der Waals surface area (Å²) in [5.41, 5.74) is 1.21. The molecule has 21 heavy (non-hydrogen) atoms. The molecule has 0 spiro atoms. The average Bonchev–Trinajstić information content (AvgIpc) is 2.85. The van der Waals surface area contributed by atoms with Crippen LogP contribution < -0.4 is 0 Å². The van der Waals surface area contributed by atoms with Gasteiger partial charge in [-0.1, -0.05) is 43.2 Å². The quantitative estimate of drug-likeness (QED) is 0.924. The second kappa shape index (κ2) is 6.16. The highest BCUT2D eigenvalue weighted by Crippen LogP contribution is 2.35. The van der Waals surface area contributed by atoms with Crippen molar-refractivity contribution in [1.82, 2.24) is 5.01 Å². The Kier molecular flexibility index (Phi) is 4.08. The van der Waals surface area contributed by atoms with Crippen LogP contribution in [0.4, 0.5) is 0 Å². The number of fused-ring (bicyclic) bond motifs is 1. The van der Waals surface area contributed by atoms with Gasteiger partial charge in [0.2, 0.25) is 5.90 Å². The van der Waals surface area contributed by atoms with Crippen LogP contribution in [-0.4, -0.2) is 34.6 Å². The molecule has 5 heteroatoms. The van der Waals surface area contributed by atoms with Gasteiger partial charge in [0.15, 0.2) is 6.61 Å². The van der Waals surface area contributed by atoms with Crippen LogP contribution in [0, 0.1) is 5.92 Å². The van der Waals surface area contributed by atoms with E-state index in [1.165, 1.54) is 12.0 Å². The van der Waals surface area contributed by atoms with Crippen molar-refractivity contribution in [2.24, 2.45) is 11.0 Å². The van der Waals surface area contributed by atoms with Crippen LogP contribution in [0.2, 0.25) is 0 Å². The third-order valence-electron chi connectivity index (χ3n) is 4.19. The molecule has 1 aromatic carbocycles. The Morgan fingerprint density at radius 3 is 2.81 bits per heavy atom. The largest absolute Gasteiger partial charge is 0.479 e. The van der Waals surface area contributed by atoms with E-state index in [-0.39, 0.29) is 12.5 Å². The number of aliphatic carboxylic acids is 1. The summed E-state index contributed by atoms with van der Waals surface area (Å²) >= 11 is 0. The number of hydrazone groups is 1. The van der Waals surface area contributed by atoms with E-state index in [1.807, 2.05) is 18.2 Å². The highest BCUT2D eigenvalue weighted by Gasteiger charge is 2.40. The molecule has 1 N–H and O–H groups in total. The zero-order valence-electron chi connectivity index (χ0n) is 11.9. The number of hydrogen-bond donors (Lipinski definition) is 1. The molecular weight excluding hydrogens is 268 g/mol. The number of rotatable bonds is 4. The summed E-state index contributed by atoms with van der Waals surface area (Å²) in [7, 11) is 0. The smallest absolute Gasteiger partial charge is 0.341 e. The van der Waals surface area contributed by atoms with E-state index >= 15 is 0 Å². The molecule has 2 atom stereocenters. The van der Waals surface area contributed by atoms with Crippen molar-refractivity contribution in [3.8, 4) is 0 Å². The van der Waals surface area contributed by atoms with Gasteiger partial charge < -0.3 is 9.84 Å². The minimum atomic E-state index is -0.952. The lowest BCUT2D eigenvalue weighted by atomic mass is 9.85. The normalized spacial score (nSPS) is 24.4. The minimum Gasteiger partial charge on any atom is -0.479 e. The summed E-state index contributed by atoms with van der Waals surface area (Å²) in [6.07, 6.45) is 4.50. The lowest BCUT2D eigenvalue weighted by Gasteiger charge is -2.31. The summed E-state index contributed by atoms with van der Waals surface area (Å²) < 4.78 is 5.41. The van der Waals surface area contributed by atoms with E-state index in [2.05, 4.69) is 22.2 Å². The zero-order chi connectivity index (χ0) is 14.7. The number of carboxylic acid groups (broad SMARTS) is 1. The Morgan fingerprint density at radius 1 is 1.29 bits per heavy atom. The molecule has 1 aliphatic heterocycles. The van der Waals surface area contributed by atoms with E-state index in [0.717, 1.165) is 25.8 Å². The van der Waals surface area contributed by atoms with E-state index < -0.39 is 5.97 Å². The summed E-state index contributed by atoms with van der Waals surface area (Å²) in [4.78, 5) is 10.7. The summed E-state index contributed by atoms with van der Waals surface area (Å²) in [5.74, 6) is -0.0913. The first-order valence-electron chi connectivity index (χ1n) is 7.47. The molecule has 1 heterocycles. The Morgan fingerprint density at radius 2 is 2.05 bits per heavy atom. The van der Waals surface area contributed by atoms with E-state index in [1.54, 1.807) is 0 Å². The van der Waals surface area contributed by atoms with Crippen molar-refractivity contribution in [3.05, 3.63) is 35.9 Å². The van der Waals surface area contributed by atoms with Gasteiger partial charge in [0.05, 0.1) is 18.5 Å². The molecule has 0 aromatic heterocycles. The van der Waals surface area contributed by atoms with Crippen molar-refractivity contribution < 1.29 is 14.6 Å². The molecule has 112 valence electrons. The maximum Gasteiger partial charge on any atom is 0.341 e. The van der Waals surface area contributed by atoms with Crippen LogP contribution in [0.15, 0.2) is 35.4 Å². The number of ether oxygens (including phenoxy) is 1. The molecule has 0 amide bonds. The SMILES string of the molecule is O=C(O)COC1=NN(Cc2ccccc2)C2CCCCC12. The second-order valence-corrected chi connectivity index (χ2v) is 5.66. The molecule has 1 aliphatic carbocycles. The molecule has 2 aliphatic rings. The van der Waals surface area contributed by atoms with Gasteiger partial charge in [-0.3, -0.25) is 5.01 Å². The van der Waals surface area contributed by atoms with Crippen LogP contribution >= 0.6 is 0 Å². The van der Waals surface area contributed by atoms with Gasteiger partial charge in [-0.2, -0.15) is 0 Å². The molecule has 2 unspecified atom stereocenters. The molecule has 0 radical (unpaired) electrons.